The number of hydrogen-bond acceptors (Lipinski definition) is 3. The Balaban J connectivity index is 1.79. The Hall–Kier alpha value is -2.00. The minimum Gasteiger partial charge on any atom is -0.493 e. The van der Waals surface area contributed by atoms with Gasteiger partial charge in [-0.2, -0.15) is 0 Å². The number of rotatable bonds is 3. The van der Waals surface area contributed by atoms with Gasteiger partial charge in [-0.25, -0.2) is 0 Å². The molecular weight excluding hydrogens is 300 g/mol. The first kappa shape index (κ1) is 14.4. The normalized spacial score (nSPS) is 32.5. The highest BCUT2D eigenvalue weighted by Crippen LogP contribution is 2.69. The van der Waals surface area contributed by atoms with Gasteiger partial charge < -0.3 is 14.2 Å². The molecule has 2 bridgehead atoms. The molecule has 1 saturated carbocycles. The minimum absolute atomic E-state index is 0.134. The lowest BCUT2D eigenvalue weighted by Gasteiger charge is -2.31. The van der Waals surface area contributed by atoms with Crippen molar-refractivity contribution in [2.45, 2.75) is 36.9 Å². The topological polar surface area (TPSA) is 27.7 Å². The van der Waals surface area contributed by atoms with Gasteiger partial charge in [0.1, 0.15) is 5.60 Å². The molecule has 24 heavy (non-hydrogen) atoms. The summed E-state index contributed by atoms with van der Waals surface area (Å²) in [6.07, 6.45) is 4.67. The van der Waals surface area contributed by atoms with E-state index < -0.39 is 0 Å². The molecule has 0 amide bonds. The fourth-order valence-corrected chi connectivity index (χ4v) is 5.33. The van der Waals surface area contributed by atoms with Crippen LogP contribution in [0, 0.1) is 5.92 Å². The molecule has 2 heterocycles. The van der Waals surface area contributed by atoms with Crippen LogP contribution in [0.3, 0.4) is 0 Å². The van der Waals surface area contributed by atoms with Crippen molar-refractivity contribution in [1.29, 1.82) is 0 Å². The van der Waals surface area contributed by atoms with Gasteiger partial charge in [-0.1, -0.05) is 30.3 Å². The summed E-state index contributed by atoms with van der Waals surface area (Å²) in [5.41, 5.74) is 3.37. The van der Waals surface area contributed by atoms with Gasteiger partial charge in [0.15, 0.2) is 11.5 Å². The zero-order valence-corrected chi connectivity index (χ0v) is 14.2. The van der Waals surface area contributed by atoms with Crippen molar-refractivity contribution < 1.29 is 14.2 Å². The summed E-state index contributed by atoms with van der Waals surface area (Å²) in [6, 6.07) is 15.0. The summed E-state index contributed by atoms with van der Waals surface area (Å²) in [6.45, 7) is 0. The van der Waals surface area contributed by atoms with Crippen LogP contribution < -0.4 is 9.47 Å². The van der Waals surface area contributed by atoms with E-state index in [0.717, 1.165) is 24.3 Å². The van der Waals surface area contributed by atoms with Crippen molar-refractivity contribution in [3.8, 4) is 11.5 Å². The highest BCUT2D eigenvalue weighted by atomic mass is 16.5. The average Bonchev–Trinajstić information content (AvgIpc) is 3.26. The van der Waals surface area contributed by atoms with E-state index >= 15 is 0 Å². The van der Waals surface area contributed by atoms with Crippen LogP contribution in [0.25, 0.3) is 0 Å². The molecule has 124 valence electrons. The molecule has 2 aromatic carbocycles. The lowest BCUT2D eigenvalue weighted by molar-refractivity contribution is -0.0708. The summed E-state index contributed by atoms with van der Waals surface area (Å²) in [7, 11) is 3.40. The molecule has 2 aliphatic heterocycles. The molecule has 3 heteroatoms. The first-order valence-electron chi connectivity index (χ1n) is 8.76. The molecule has 2 aromatic rings. The van der Waals surface area contributed by atoms with E-state index in [4.69, 9.17) is 14.2 Å². The van der Waals surface area contributed by atoms with Crippen LogP contribution in [0.4, 0.5) is 0 Å². The van der Waals surface area contributed by atoms with Crippen LogP contribution in [0.15, 0.2) is 42.5 Å². The van der Waals surface area contributed by atoms with Crippen molar-refractivity contribution in [3.63, 3.8) is 0 Å². The molecule has 0 radical (unpaired) electrons. The van der Waals surface area contributed by atoms with Gasteiger partial charge in [0, 0.05) is 0 Å². The van der Waals surface area contributed by atoms with Crippen LogP contribution in [-0.2, 0) is 15.9 Å². The second kappa shape index (κ2) is 4.76. The number of ether oxygens (including phenoxy) is 3. The van der Waals surface area contributed by atoms with Crippen molar-refractivity contribution >= 4 is 0 Å². The SMILES string of the molecule is COc1cc2c(cc1OC)C13CCCC1CC2(c1ccccc1)O3. The van der Waals surface area contributed by atoms with Crippen molar-refractivity contribution in [3.05, 3.63) is 59.2 Å². The molecule has 3 unspecified atom stereocenters. The van der Waals surface area contributed by atoms with Gasteiger partial charge in [0.25, 0.3) is 0 Å². The third-order valence-electron chi connectivity index (χ3n) is 6.31. The summed E-state index contributed by atoms with van der Waals surface area (Å²) in [5, 5.41) is 0. The fourth-order valence-electron chi connectivity index (χ4n) is 5.33. The molecule has 3 nitrogen and oxygen atoms in total. The summed E-state index contributed by atoms with van der Waals surface area (Å²) in [5.74, 6) is 2.19. The Kier molecular flexibility index (Phi) is 2.85. The summed E-state index contributed by atoms with van der Waals surface area (Å²) < 4.78 is 18.1. The Labute approximate surface area is 142 Å². The summed E-state index contributed by atoms with van der Waals surface area (Å²) >= 11 is 0. The van der Waals surface area contributed by atoms with E-state index in [-0.39, 0.29) is 11.2 Å². The molecule has 0 N–H and O–H groups in total. The van der Waals surface area contributed by atoms with Crippen LogP contribution in [0.2, 0.25) is 0 Å². The lowest BCUT2D eigenvalue weighted by Crippen LogP contribution is -2.28. The Morgan fingerprint density at radius 1 is 1.00 bits per heavy atom. The predicted octanol–water partition coefficient (Wildman–Crippen LogP) is 4.38. The number of benzene rings is 2. The van der Waals surface area contributed by atoms with Gasteiger partial charge >= 0.3 is 0 Å². The zero-order chi connectivity index (χ0) is 16.4. The molecule has 3 aliphatic rings. The Morgan fingerprint density at radius 3 is 2.42 bits per heavy atom. The Bertz CT molecular complexity index is 800. The quantitative estimate of drug-likeness (QED) is 0.839. The fraction of sp³-hybridized carbons (Fsp3) is 0.429. The van der Waals surface area contributed by atoms with Crippen LogP contribution >= 0.6 is 0 Å². The first-order chi connectivity index (χ1) is 11.7. The number of fused-ring (bicyclic) bond motifs is 3. The molecule has 2 fully saturated rings. The van der Waals surface area contributed by atoms with Gasteiger partial charge in [0.05, 0.1) is 19.8 Å². The van der Waals surface area contributed by atoms with E-state index in [0.29, 0.717) is 5.92 Å². The maximum absolute atomic E-state index is 6.92. The molecule has 5 rings (SSSR count). The van der Waals surface area contributed by atoms with E-state index in [1.54, 1.807) is 14.2 Å². The van der Waals surface area contributed by atoms with E-state index in [1.807, 2.05) is 0 Å². The second-order valence-corrected chi connectivity index (χ2v) is 7.23. The van der Waals surface area contributed by atoms with Gasteiger partial charge in [0.2, 0.25) is 0 Å². The monoisotopic (exact) mass is 322 g/mol. The lowest BCUT2D eigenvalue weighted by atomic mass is 9.69. The molecular formula is C21H22O3. The standard InChI is InChI=1S/C21H22O3/c1-22-18-11-16-17(12-19(18)23-2)21(14-7-4-3-5-8-14)13-15-9-6-10-20(15,16)24-21/h3-5,7-8,11-12,15H,6,9-10,13H2,1-2H3. The highest BCUT2D eigenvalue weighted by molar-refractivity contribution is 5.59. The first-order valence-corrected chi connectivity index (χ1v) is 8.76. The third kappa shape index (κ3) is 1.56. The molecule has 1 aliphatic carbocycles. The number of methoxy groups -OCH3 is 2. The molecule has 1 spiro atoms. The minimum atomic E-state index is -0.332. The van der Waals surface area contributed by atoms with Gasteiger partial charge in [-0.3, -0.25) is 0 Å². The van der Waals surface area contributed by atoms with Crippen molar-refractivity contribution in [2.75, 3.05) is 14.2 Å². The molecule has 3 atom stereocenters. The Morgan fingerprint density at radius 2 is 1.71 bits per heavy atom. The second-order valence-electron chi connectivity index (χ2n) is 7.23. The van der Waals surface area contributed by atoms with Crippen LogP contribution in [-0.4, -0.2) is 14.2 Å². The number of hydrogen-bond donors (Lipinski definition) is 0. The molecule has 1 saturated heterocycles. The smallest absolute Gasteiger partial charge is 0.161 e. The van der Waals surface area contributed by atoms with Crippen LogP contribution in [0.5, 0.6) is 11.5 Å². The maximum atomic E-state index is 6.92. The zero-order valence-electron chi connectivity index (χ0n) is 14.2. The molecule has 0 aromatic heterocycles. The maximum Gasteiger partial charge on any atom is 0.161 e. The van der Waals surface area contributed by atoms with E-state index in [1.165, 1.54) is 29.5 Å². The van der Waals surface area contributed by atoms with E-state index in [2.05, 4.69) is 42.5 Å². The van der Waals surface area contributed by atoms with Crippen LogP contribution in [0.1, 0.15) is 42.4 Å². The third-order valence-corrected chi connectivity index (χ3v) is 6.31. The average molecular weight is 322 g/mol. The highest BCUT2D eigenvalue weighted by Gasteiger charge is 2.66. The van der Waals surface area contributed by atoms with Gasteiger partial charge in [-0.05, 0) is 60.4 Å². The summed E-state index contributed by atoms with van der Waals surface area (Å²) in [4.78, 5) is 0. The van der Waals surface area contributed by atoms with Crippen molar-refractivity contribution in [1.82, 2.24) is 0 Å². The largest absolute Gasteiger partial charge is 0.493 e. The predicted molar refractivity (Wildman–Crippen MR) is 91.5 cm³/mol. The van der Waals surface area contributed by atoms with E-state index in [9.17, 15) is 0 Å². The van der Waals surface area contributed by atoms with Gasteiger partial charge in [-0.15, -0.1) is 0 Å². The van der Waals surface area contributed by atoms with Crippen molar-refractivity contribution in [2.24, 2.45) is 5.92 Å².